The van der Waals surface area contributed by atoms with Crippen LogP contribution in [0.5, 0.6) is 0 Å². The van der Waals surface area contributed by atoms with Crippen LogP contribution in [0, 0.1) is 0 Å². The van der Waals surface area contributed by atoms with Crippen LogP contribution >= 0.6 is 22.6 Å². The molecule has 0 aliphatic heterocycles. The second-order valence-corrected chi connectivity index (χ2v) is 4.31. The maximum absolute atomic E-state index is 12.7. The lowest BCUT2D eigenvalue weighted by molar-refractivity contribution is -0.291. The molecule has 0 amide bonds. The molecule has 0 aromatic rings. The molecule has 0 radical (unpaired) electrons. The van der Waals surface area contributed by atoms with E-state index in [2.05, 4.69) is 0 Å². The summed E-state index contributed by atoms with van der Waals surface area (Å²) in [7, 11) is 0. The third-order valence-corrected chi connectivity index (χ3v) is 2.39. The van der Waals surface area contributed by atoms with E-state index in [1.54, 1.807) is 0 Å². The van der Waals surface area contributed by atoms with Crippen molar-refractivity contribution in [2.24, 2.45) is 0 Å². The van der Waals surface area contributed by atoms with Gasteiger partial charge >= 0.3 is 15.8 Å². The molecule has 0 fully saturated rings. The maximum Gasteiger partial charge on any atom is 0.384 e. The van der Waals surface area contributed by atoms with Crippen molar-refractivity contribution in [1.82, 2.24) is 0 Å². The minimum absolute atomic E-state index is 0.124. The summed E-state index contributed by atoms with van der Waals surface area (Å²) in [4.78, 5) is 0. The Labute approximate surface area is 95.3 Å². The van der Waals surface area contributed by atoms with Crippen LogP contribution in [-0.4, -0.2) is 21.9 Å². The van der Waals surface area contributed by atoms with Crippen molar-refractivity contribution >= 4 is 22.6 Å². The highest BCUT2D eigenvalue weighted by Gasteiger charge is 2.73. The van der Waals surface area contributed by atoms with Gasteiger partial charge in [-0.1, -0.05) is 13.3 Å². The molecule has 0 aliphatic rings. The van der Waals surface area contributed by atoms with Gasteiger partial charge in [0.25, 0.3) is 0 Å². The smallest absolute Gasteiger partial charge is 0.241 e. The van der Waals surface area contributed by atoms with Crippen molar-refractivity contribution in [2.75, 3.05) is 0 Å². The predicted octanol–water partition coefficient (Wildman–Crippen LogP) is 4.42. The van der Waals surface area contributed by atoms with Crippen molar-refractivity contribution in [3.05, 3.63) is 0 Å². The highest BCUT2D eigenvalue weighted by Crippen LogP contribution is 2.51. The molecule has 0 saturated heterocycles. The Morgan fingerprint density at radius 1 is 1.07 bits per heavy atom. The van der Waals surface area contributed by atoms with Crippen molar-refractivity contribution in [1.29, 1.82) is 0 Å². The average molecular weight is 352 g/mol. The Morgan fingerprint density at radius 3 is 1.73 bits per heavy atom. The first kappa shape index (κ1) is 15.2. The SMILES string of the molecule is CCCC(F)C(F)(F)C(F)(F)C(F)(F)I. The molecule has 15 heavy (non-hydrogen) atoms. The van der Waals surface area contributed by atoms with Gasteiger partial charge in [0.2, 0.25) is 0 Å². The van der Waals surface area contributed by atoms with Gasteiger partial charge in [0.15, 0.2) is 6.17 Å². The second-order valence-electron chi connectivity index (χ2n) is 2.95. The minimum Gasteiger partial charge on any atom is -0.241 e. The van der Waals surface area contributed by atoms with E-state index in [4.69, 9.17) is 0 Å². The molecule has 0 spiro atoms. The predicted molar refractivity (Wildman–Crippen MR) is 48.7 cm³/mol. The highest BCUT2D eigenvalue weighted by molar-refractivity contribution is 14.1. The molecule has 0 aromatic carbocycles. The molecule has 0 nitrogen and oxygen atoms in total. The number of alkyl halides is 8. The Bertz CT molecular complexity index is 210. The summed E-state index contributed by atoms with van der Waals surface area (Å²) < 4.78 is 82.4. The maximum atomic E-state index is 12.7. The fraction of sp³-hybridized carbons (Fsp3) is 1.00. The first-order valence-electron chi connectivity index (χ1n) is 3.95. The van der Waals surface area contributed by atoms with Crippen LogP contribution in [0.15, 0.2) is 0 Å². The van der Waals surface area contributed by atoms with Crippen LogP contribution in [0.4, 0.5) is 30.7 Å². The van der Waals surface area contributed by atoms with E-state index < -0.39 is 28.4 Å². The summed E-state index contributed by atoms with van der Waals surface area (Å²) in [5.74, 6) is -11.1. The summed E-state index contributed by atoms with van der Waals surface area (Å²) in [5, 5.41) is 0. The molecule has 0 bridgehead atoms. The molecular formula is C7H8F7I. The molecule has 0 aromatic heterocycles. The van der Waals surface area contributed by atoms with Crippen LogP contribution < -0.4 is 0 Å². The summed E-state index contributed by atoms with van der Waals surface area (Å²) in [6.45, 7) is 1.28. The zero-order chi connectivity index (χ0) is 12.5. The Morgan fingerprint density at radius 2 is 1.47 bits per heavy atom. The highest BCUT2D eigenvalue weighted by atomic mass is 127. The van der Waals surface area contributed by atoms with Gasteiger partial charge in [-0.3, -0.25) is 0 Å². The summed E-state index contributed by atoms with van der Waals surface area (Å²) in [6.07, 6.45) is -4.31. The Kier molecular flexibility index (Phi) is 4.70. The molecule has 0 aliphatic carbocycles. The van der Waals surface area contributed by atoms with Crippen LogP contribution in [-0.2, 0) is 0 Å². The zero-order valence-electron chi connectivity index (χ0n) is 7.52. The van der Waals surface area contributed by atoms with Crippen LogP contribution in [0.25, 0.3) is 0 Å². The first-order valence-corrected chi connectivity index (χ1v) is 5.02. The number of hydrogen-bond donors (Lipinski definition) is 0. The third-order valence-electron chi connectivity index (χ3n) is 1.71. The Hall–Kier alpha value is 0.240. The standard InChI is InChI=1S/C7H8F7I/c1-2-3-4(8)5(9,10)6(11,12)7(13,14)15/h4H,2-3H2,1H3. The van der Waals surface area contributed by atoms with Crippen molar-refractivity contribution in [3.63, 3.8) is 0 Å². The van der Waals surface area contributed by atoms with Gasteiger partial charge in [0, 0.05) is 22.6 Å². The van der Waals surface area contributed by atoms with Crippen molar-refractivity contribution < 1.29 is 30.7 Å². The molecular weight excluding hydrogens is 344 g/mol. The largest absolute Gasteiger partial charge is 0.384 e. The van der Waals surface area contributed by atoms with Crippen LogP contribution in [0.1, 0.15) is 19.8 Å². The summed E-state index contributed by atoms with van der Waals surface area (Å²) in [6, 6.07) is 0. The molecule has 1 atom stereocenters. The van der Waals surface area contributed by atoms with E-state index in [1.807, 2.05) is 0 Å². The molecule has 1 unspecified atom stereocenters. The Balaban J connectivity index is 5.00. The van der Waals surface area contributed by atoms with E-state index in [-0.39, 0.29) is 29.0 Å². The van der Waals surface area contributed by atoms with Crippen molar-refractivity contribution in [3.8, 4) is 0 Å². The molecule has 0 rings (SSSR count). The fourth-order valence-corrected chi connectivity index (χ4v) is 1.18. The summed E-state index contributed by atoms with van der Waals surface area (Å²) in [5.41, 5.74) is 0. The van der Waals surface area contributed by atoms with E-state index in [1.165, 1.54) is 6.92 Å². The zero-order valence-corrected chi connectivity index (χ0v) is 9.67. The lowest BCUT2D eigenvalue weighted by atomic mass is 10.0. The molecule has 0 N–H and O–H groups in total. The minimum atomic E-state index is -5.70. The summed E-state index contributed by atoms with van der Waals surface area (Å²) >= 11 is -0.124. The van der Waals surface area contributed by atoms with E-state index in [0.29, 0.717) is 0 Å². The number of hydrogen-bond acceptors (Lipinski definition) is 0. The molecule has 92 valence electrons. The van der Waals surface area contributed by atoms with Gasteiger partial charge in [0.05, 0.1) is 0 Å². The van der Waals surface area contributed by atoms with Crippen molar-refractivity contribution in [2.45, 2.75) is 41.7 Å². The molecule has 0 heterocycles. The normalized spacial score (nSPS) is 16.6. The molecule has 0 saturated carbocycles. The lowest BCUT2D eigenvalue weighted by Gasteiger charge is -2.31. The average Bonchev–Trinajstić information content (AvgIpc) is 2.02. The van der Waals surface area contributed by atoms with Gasteiger partial charge < -0.3 is 0 Å². The van der Waals surface area contributed by atoms with Crippen LogP contribution in [0.3, 0.4) is 0 Å². The van der Waals surface area contributed by atoms with Crippen LogP contribution in [0.2, 0.25) is 0 Å². The quantitative estimate of drug-likeness (QED) is 0.390. The monoisotopic (exact) mass is 352 g/mol. The lowest BCUT2D eigenvalue weighted by Crippen LogP contribution is -2.55. The second kappa shape index (κ2) is 4.62. The van der Waals surface area contributed by atoms with Gasteiger partial charge in [0.1, 0.15) is 0 Å². The number of rotatable bonds is 5. The van der Waals surface area contributed by atoms with E-state index in [9.17, 15) is 30.7 Å². The van der Waals surface area contributed by atoms with Gasteiger partial charge in [-0.05, 0) is 6.42 Å². The fourth-order valence-electron chi connectivity index (χ4n) is 0.820. The van der Waals surface area contributed by atoms with Gasteiger partial charge in [-0.2, -0.15) is 26.3 Å². The third kappa shape index (κ3) is 2.88. The topological polar surface area (TPSA) is 0 Å². The van der Waals surface area contributed by atoms with E-state index >= 15 is 0 Å². The molecule has 8 heteroatoms. The number of halogens is 8. The van der Waals surface area contributed by atoms with E-state index in [0.717, 1.165) is 0 Å². The first-order chi connectivity index (χ1) is 6.48. The van der Waals surface area contributed by atoms with Gasteiger partial charge in [-0.15, -0.1) is 0 Å². The van der Waals surface area contributed by atoms with Gasteiger partial charge in [-0.25, -0.2) is 4.39 Å².